The highest BCUT2D eigenvalue weighted by Crippen LogP contribution is 2.32. The zero-order chi connectivity index (χ0) is 14.8. The van der Waals surface area contributed by atoms with Crippen LogP contribution in [0.5, 0.6) is 0 Å². The van der Waals surface area contributed by atoms with E-state index in [1.807, 2.05) is 0 Å². The van der Waals surface area contributed by atoms with E-state index in [2.05, 4.69) is 5.32 Å². The van der Waals surface area contributed by atoms with Crippen molar-refractivity contribution in [2.45, 2.75) is 20.0 Å². The van der Waals surface area contributed by atoms with Gasteiger partial charge in [0.15, 0.2) is 0 Å². The SMILES string of the molecule is CC(C)C(=O)Nc1cc(C(=O)O)cc(C(F)(F)F)c1. The lowest BCUT2D eigenvalue weighted by Gasteiger charge is -2.12. The van der Waals surface area contributed by atoms with Crippen LogP contribution in [-0.2, 0) is 11.0 Å². The van der Waals surface area contributed by atoms with Crippen molar-refractivity contribution >= 4 is 17.6 Å². The van der Waals surface area contributed by atoms with Crippen LogP contribution >= 0.6 is 0 Å². The fraction of sp³-hybridized carbons (Fsp3) is 0.333. The minimum atomic E-state index is -4.68. The first-order valence-corrected chi connectivity index (χ1v) is 5.37. The van der Waals surface area contributed by atoms with Crippen molar-refractivity contribution in [2.75, 3.05) is 5.32 Å². The molecule has 104 valence electrons. The zero-order valence-electron chi connectivity index (χ0n) is 10.2. The van der Waals surface area contributed by atoms with E-state index in [9.17, 15) is 22.8 Å². The normalized spacial score (nSPS) is 11.5. The number of halogens is 3. The van der Waals surface area contributed by atoms with Crippen LogP contribution in [0.15, 0.2) is 18.2 Å². The van der Waals surface area contributed by atoms with Gasteiger partial charge in [-0.05, 0) is 18.2 Å². The second-order valence-corrected chi connectivity index (χ2v) is 4.25. The van der Waals surface area contributed by atoms with Gasteiger partial charge >= 0.3 is 12.1 Å². The first-order valence-electron chi connectivity index (χ1n) is 5.37. The second kappa shape index (κ2) is 5.29. The highest BCUT2D eigenvalue weighted by molar-refractivity contribution is 5.95. The van der Waals surface area contributed by atoms with Gasteiger partial charge < -0.3 is 10.4 Å². The van der Waals surface area contributed by atoms with Gasteiger partial charge in [0.1, 0.15) is 0 Å². The van der Waals surface area contributed by atoms with Crippen LogP contribution in [0.2, 0.25) is 0 Å². The Morgan fingerprint density at radius 1 is 1.21 bits per heavy atom. The molecular weight excluding hydrogens is 263 g/mol. The van der Waals surface area contributed by atoms with E-state index in [4.69, 9.17) is 5.11 Å². The van der Waals surface area contributed by atoms with Crippen LogP contribution in [0.1, 0.15) is 29.8 Å². The lowest BCUT2D eigenvalue weighted by atomic mass is 10.1. The topological polar surface area (TPSA) is 66.4 Å². The second-order valence-electron chi connectivity index (χ2n) is 4.25. The van der Waals surface area contributed by atoms with Crippen LogP contribution in [0.3, 0.4) is 0 Å². The molecule has 0 aliphatic carbocycles. The summed E-state index contributed by atoms with van der Waals surface area (Å²) in [5, 5.41) is 11.0. The average molecular weight is 275 g/mol. The molecule has 1 aromatic carbocycles. The number of nitrogens with one attached hydrogen (secondary N) is 1. The number of rotatable bonds is 3. The molecule has 1 aromatic rings. The van der Waals surface area contributed by atoms with E-state index in [0.29, 0.717) is 12.1 Å². The Hall–Kier alpha value is -2.05. The summed E-state index contributed by atoms with van der Waals surface area (Å²) in [5.74, 6) is -2.41. The van der Waals surface area contributed by atoms with Gasteiger partial charge in [-0.3, -0.25) is 4.79 Å². The largest absolute Gasteiger partial charge is 0.478 e. The van der Waals surface area contributed by atoms with Crippen LogP contribution < -0.4 is 5.32 Å². The number of carbonyl (C=O) groups is 2. The van der Waals surface area contributed by atoms with Gasteiger partial charge in [-0.1, -0.05) is 13.8 Å². The molecule has 0 spiro atoms. The van der Waals surface area contributed by atoms with Gasteiger partial charge in [0.25, 0.3) is 0 Å². The Morgan fingerprint density at radius 3 is 2.21 bits per heavy atom. The molecule has 1 amide bonds. The molecule has 0 saturated carbocycles. The Bertz CT molecular complexity index is 509. The number of carboxylic acids is 1. The number of hydrogen-bond donors (Lipinski definition) is 2. The number of alkyl halides is 3. The summed E-state index contributed by atoms with van der Waals surface area (Å²) in [4.78, 5) is 22.2. The van der Waals surface area contributed by atoms with Crippen molar-refractivity contribution in [2.24, 2.45) is 5.92 Å². The summed E-state index contributed by atoms with van der Waals surface area (Å²) >= 11 is 0. The van der Waals surface area contributed by atoms with Gasteiger partial charge in [-0.2, -0.15) is 13.2 Å². The first-order chi connectivity index (χ1) is 8.61. The Kier molecular flexibility index (Phi) is 4.18. The van der Waals surface area contributed by atoms with E-state index in [0.717, 1.165) is 6.07 Å². The molecule has 7 heteroatoms. The quantitative estimate of drug-likeness (QED) is 0.891. The van der Waals surface area contributed by atoms with Crippen LogP contribution in [0, 0.1) is 5.92 Å². The summed E-state index contributed by atoms with van der Waals surface area (Å²) < 4.78 is 37.8. The monoisotopic (exact) mass is 275 g/mol. The molecule has 2 N–H and O–H groups in total. The molecule has 4 nitrogen and oxygen atoms in total. The van der Waals surface area contributed by atoms with Crippen LogP contribution in [-0.4, -0.2) is 17.0 Å². The maximum atomic E-state index is 12.6. The summed E-state index contributed by atoms with van der Waals surface area (Å²) in [6, 6.07) is 2.21. The van der Waals surface area contributed by atoms with Crippen molar-refractivity contribution in [3.05, 3.63) is 29.3 Å². The average Bonchev–Trinajstić information content (AvgIpc) is 2.27. The van der Waals surface area contributed by atoms with Gasteiger partial charge in [0, 0.05) is 11.6 Å². The van der Waals surface area contributed by atoms with Crippen molar-refractivity contribution < 1.29 is 27.9 Å². The minimum Gasteiger partial charge on any atom is -0.478 e. The van der Waals surface area contributed by atoms with E-state index in [1.165, 1.54) is 0 Å². The van der Waals surface area contributed by atoms with Gasteiger partial charge in [-0.15, -0.1) is 0 Å². The smallest absolute Gasteiger partial charge is 0.416 e. The third-order valence-corrected chi connectivity index (χ3v) is 2.30. The van der Waals surface area contributed by atoms with Crippen molar-refractivity contribution in [3.8, 4) is 0 Å². The molecule has 0 bridgehead atoms. The molecular formula is C12H12F3NO3. The number of carbonyl (C=O) groups excluding carboxylic acids is 1. The molecule has 0 aliphatic heterocycles. The summed E-state index contributed by atoms with van der Waals surface area (Å²) in [6.45, 7) is 3.14. The van der Waals surface area contributed by atoms with Gasteiger partial charge in [-0.25, -0.2) is 4.79 Å². The standard InChI is InChI=1S/C12H12F3NO3/c1-6(2)10(17)16-9-4-7(11(18)19)3-8(5-9)12(13,14)15/h3-6H,1-2H3,(H,16,17)(H,18,19). The highest BCUT2D eigenvalue weighted by atomic mass is 19.4. The maximum Gasteiger partial charge on any atom is 0.416 e. The Morgan fingerprint density at radius 2 is 1.79 bits per heavy atom. The minimum absolute atomic E-state index is 0.189. The Labute approximate surface area is 107 Å². The summed E-state index contributed by atoms with van der Waals surface area (Å²) in [6.07, 6.45) is -4.68. The van der Waals surface area contributed by atoms with Crippen molar-refractivity contribution in [1.82, 2.24) is 0 Å². The lowest BCUT2D eigenvalue weighted by molar-refractivity contribution is -0.137. The number of carboxylic acid groups (broad SMARTS) is 1. The summed E-state index contributed by atoms with van der Waals surface area (Å²) in [7, 11) is 0. The molecule has 1 rings (SSSR count). The highest BCUT2D eigenvalue weighted by Gasteiger charge is 2.32. The number of anilines is 1. The van der Waals surface area contributed by atoms with E-state index >= 15 is 0 Å². The molecule has 0 aliphatic rings. The first kappa shape index (κ1) is 15.0. The number of aromatic carboxylic acids is 1. The number of amides is 1. The lowest BCUT2D eigenvalue weighted by Crippen LogP contribution is -2.19. The predicted molar refractivity (Wildman–Crippen MR) is 61.9 cm³/mol. The van der Waals surface area contributed by atoms with Gasteiger partial charge in [0.05, 0.1) is 11.1 Å². The third kappa shape index (κ3) is 3.97. The molecule has 19 heavy (non-hydrogen) atoms. The third-order valence-electron chi connectivity index (χ3n) is 2.30. The molecule has 0 atom stereocenters. The van der Waals surface area contributed by atoms with Crippen LogP contribution in [0.4, 0.5) is 18.9 Å². The maximum absolute atomic E-state index is 12.6. The molecule has 0 fully saturated rings. The number of hydrogen-bond acceptors (Lipinski definition) is 2. The Balaban J connectivity index is 3.21. The molecule has 0 unspecified atom stereocenters. The fourth-order valence-corrected chi connectivity index (χ4v) is 1.27. The van der Waals surface area contributed by atoms with E-state index in [-0.39, 0.29) is 5.69 Å². The molecule has 0 saturated heterocycles. The molecule has 0 heterocycles. The number of benzene rings is 1. The fourth-order valence-electron chi connectivity index (χ4n) is 1.27. The van der Waals surface area contributed by atoms with Gasteiger partial charge in [0.2, 0.25) is 5.91 Å². The molecule has 0 aromatic heterocycles. The zero-order valence-corrected chi connectivity index (χ0v) is 10.2. The van der Waals surface area contributed by atoms with E-state index < -0.39 is 35.1 Å². The summed E-state index contributed by atoms with van der Waals surface area (Å²) in [5.41, 5.74) is -1.84. The molecule has 0 radical (unpaired) electrons. The van der Waals surface area contributed by atoms with Crippen molar-refractivity contribution in [1.29, 1.82) is 0 Å². The van der Waals surface area contributed by atoms with E-state index in [1.54, 1.807) is 13.8 Å². The predicted octanol–water partition coefficient (Wildman–Crippen LogP) is 3.00. The van der Waals surface area contributed by atoms with Crippen molar-refractivity contribution in [3.63, 3.8) is 0 Å². The van der Waals surface area contributed by atoms with Crippen LogP contribution in [0.25, 0.3) is 0 Å².